The molecule has 1 unspecified atom stereocenters. The van der Waals surface area contributed by atoms with E-state index in [1.165, 1.54) is 18.2 Å². The summed E-state index contributed by atoms with van der Waals surface area (Å²) in [6.07, 6.45) is -2.20. The molecule has 0 radical (unpaired) electrons. The predicted molar refractivity (Wildman–Crippen MR) is 97.1 cm³/mol. The van der Waals surface area contributed by atoms with Crippen molar-refractivity contribution in [2.45, 2.75) is 37.9 Å². The SMILES string of the molecule is Cl.Nc1ccc2c(c1)CCCC2NC(=O)Cc1ccccc1C(F)(F)F. The van der Waals surface area contributed by atoms with Gasteiger partial charge in [-0.2, -0.15) is 13.2 Å². The molecule has 0 aliphatic heterocycles. The second kappa shape index (κ2) is 7.99. The summed E-state index contributed by atoms with van der Waals surface area (Å²) in [6, 6.07) is 10.6. The summed E-state index contributed by atoms with van der Waals surface area (Å²) in [5.41, 5.74) is 7.78. The van der Waals surface area contributed by atoms with Gasteiger partial charge < -0.3 is 11.1 Å². The molecule has 2 aromatic carbocycles. The Morgan fingerprint density at radius 3 is 2.65 bits per heavy atom. The summed E-state index contributed by atoms with van der Waals surface area (Å²) in [7, 11) is 0. The number of hydrogen-bond donors (Lipinski definition) is 2. The van der Waals surface area contributed by atoms with Gasteiger partial charge in [0.1, 0.15) is 0 Å². The first-order valence-electron chi connectivity index (χ1n) is 8.17. The van der Waals surface area contributed by atoms with Crippen LogP contribution in [0.4, 0.5) is 18.9 Å². The van der Waals surface area contributed by atoms with Gasteiger partial charge in [0, 0.05) is 5.69 Å². The molecule has 0 fully saturated rings. The van der Waals surface area contributed by atoms with Gasteiger partial charge in [0.25, 0.3) is 0 Å². The van der Waals surface area contributed by atoms with Crippen LogP contribution >= 0.6 is 12.4 Å². The fraction of sp³-hybridized carbons (Fsp3) is 0.316. The summed E-state index contributed by atoms with van der Waals surface area (Å²) in [5, 5.41) is 2.87. The van der Waals surface area contributed by atoms with Gasteiger partial charge >= 0.3 is 6.18 Å². The average molecular weight is 385 g/mol. The summed E-state index contributed by atoms with van der Waals surface area (Å²) in [6.45, 7) is 0. The first kappa shape index (κ1) is 20.1. The Bertz CT molecular complexity index is 793. The predicted octanol–water partition coefficient (Wildman–Crippen LogP) is 4.45. The topological polar surface area (TPSA) is 55.1 Å². The lowest BCUT2D eigenvalue weighted by Crippen LogP contribution is -2.32. The van der Waals surface area contributed by atoms with E-state index in [4.69, 9.17) is 5.73 Å². The number of nitrogens with two attached hydrogens (primary N) is 1. The molecular weight excluding hydrogens is 365 g/mol. The van der Waals surface area contributed by atoms with E-state index >= 15 is 0 Å². The van der Waals surface area contributed by atoms with E-state index in [1.807, 2.05) is 12.1 Å². The van der Waals surface area contributed by atoms with Crippen LogP contribution in [0.3, 0.4) is 0 Å². The molecule has 2 aromatic rings. The van der Waals surface area contributed by atoms with Gasteiger partial charge in [-0.05, 0) is 54.2 Å². The maximum Gasteiger partial charge on any atom is 0.416 e. The number of nitrogens with one attached hydrogen (secondary N) is 1. The molecule has 0 aromatic heterocycles. The minimum Gasteiger partial charge on any atom is -0.399 e. The second-order valence-corrected chi connectivity index (χ2v) is 6.30. The zero-order valence-corrected chi connectivity index (χ0v) is 14.8. The molecule has 0 saturated carbocycles. The first-order chi connectivity index (χ1) is 11.8. The molecule has 1 amide bonds. The van der Waals surface area contributed by atoms with Gasteiger partial charge in [-0.3, -0.25) is 4.79 Å². The van der Waals surface area contributed by atoms with Crippen molar-refractivity contribution in [2.75, 3.05) is 5.73 Å². The highest BCUT2D eigenvalue weighted by Gasteiger charge is 2.33. The van der Waals surface area contributed by atoms with Crippen LogP contribution < -0.4 is 11.1 Å². The van der Waals surface area contributed by atoms with Crippen LogP contribution in [0.25, 0.3) is 0 Å². The number of halogens is 4. The standard InChI is InChI=1S/C19H19F3N2O.ClH/c20-19(21,22)16-6-2-1-4-13(16)11-18(25)24-17-7-3-5-12-10-14(23)8-9-15(12)17;/h1-2,4,6,8-10,17H,3,5,7,11,23H2,(H,24,25);1H. The van der Waals surface area contributed by atoms with Crippen molar-refractivity contribution < 1.29 is 18.0 Å². The Kier molecular flexibility index (Phi) is 6.18. The van der Waals surface area contributed by atoms with Crippen LogP contribution in [0, 0.1) is 0 Å². The minimum atomic E-state index is -4.47. The van der Waals surface area contributed by atoms with E-state index in [-0.39, 0.29) is 30.4 Å². The fourth-order valence-electron chi connectivity index (χ4n) is 3.35. The molecule has 140 valence electrons. The zero-order chi connectivity index (χ0) is 18.0. The van der Waals surface area contributed by atoms with E-state index in [0.717, 1.165) is 36.5 Å². The number of amides is 1. The summed E-state index contributed by atoms with van der Waals surface area (Å²) < 4.78 is 39.1. The molecular formula is C19H20ClF3N2O. The number of nitrogen functional groups attached to an aromatic ring is 1. The van der Waals surface area contributed by atoms with Gasteiger partial charge in [0.2, 0.25) is 5.91 Å². The van der Waals surface area contributed by atoms with E-state index in [1.54, 1.807) is 6.07 Å². The van der Waals surface area contributed by atoms with Crippen LogP contribution in [0.1, 0.15) is 41.1 Å². The second-order valence-electron chi connectivity index (χ2n) is 6.30. The van der Waals surface area contributed by atoms with Crippen molar-refractivity contribution in [3.05, 3.63) is 64.7 Å². The van der Waals surface area contributed by atoms with Gasteiger partial charge in [0.05, 0.1) is 18.0 Å². The molecule has 0 saturated heterocycles. The molecule has 3 nitrogen and oxygen atoms in total. The van der Waals surface area contributed by atoms with Crippen molar-refractivity contribution in [3.63, 3.8) is 0 Å². The van der Waals surface area contributed by atoms with Gasteiger partial charge in [-0.15, -0.1) is 12.4 Å². The van der Waals surface area contributed by atoms with Crippen LogP contribution in [-0.4, -0.2) is 5.91 Å². The molecule has 0 spiro atoms. The van der Waals surface area contributed by atoms with Gasteiger partial charge in [0.15, 0.2) is 0 Å². The quantitative estimate of drug-likeness (QED) is 0.768. The third kappa shape index (κ3) is 4.49. The Hall–Kier alpha value is -2.21. The number of carbonyl (C=O) groups is 1. The number of aryl methyl sites for hydroxylation is 1. The summed E-state index contributed by atoms with van der Waals surface area (Å²) >= 11 is 0. The maximum atomic E-state index is 13.0. The molecule has 3 rings (SSSR count). The number of alkyl halides is 3. The third-order valence-electron chi connectivity index (χ3n) is 4.49. The van der Waals surface area contributed by atoms with Crippen molar-refractivity contribution in [2.24, 2.45) is 0 Å². The lowest BCUT2D eigenvalue weighted by atomic mass is 9.87. The minimum absolute atomic E-state index is 0. The summed E-state index contributed by atoms with van der Waals surface area (Å²) in [4.78, 5) is 12.3. The number of fused-ring (bicyclic) bond motifs is 1. The van der Waals surface area contributed by atoms with E-state index < -0.39 is 17.6 Å². The van der Waals surface area contributed by atoms with Crippen LogP contribution in [0.2, 0.25) is 0 Å². The van der Waals surface area contributed by atoms with Gasteiger partial charge in [-0.25, -0.2) is 0 Å². The molecule has 1 aliphatic carbocycles. The fourth-order valence-corrected chi connectivity index (χ4v) is 3.35. The smallest absolute Gasteiger partial charge is 0.399 e. The Morgan fingerprint density at radius 2 is 1.92 bits per heavy atom. The number of anilines is 1. The zero-order valence-electron chi connectivity index (χ0n) is 14.0. The van der Waals surface area contributed by atoms with Gasteiger partial charge in [-0.1, -0.05) is 24.3 Å². The highest BCUT2D eigenvalue weighted by atomic mass is 35.5. The molecule has 1 atom stereocenters. The number of carbonyl (C=O) groups excluding carboxylic acids is 1. The van der Waals surface area contributed by atoms with Crippen LogP contribution in [0.15, 0.2) is 42.5 Å². The number of hydrogen-bond acceptors (Lipinski definition) is 2. The molecule has 7 heteroatoms. The lowest BCUT2D eigenvalue weighted by molar-refractivity contribution is -0.138. The van der Waals surface area contributed by atoms with Crippen molar-refractivity contribution in [3.8, 4) is 0 Å². The van der Waals surface area contributed by atoms with Crippen LogP contribution in [-0.2, 0) is 23.8 Å². The monoisotopic (exact) mass is 384 g/mol. The van der Waals surface area contributed by atoms with Crippen molar-refractivity contribution >= 4 is 24.0 Å². The Labute approximate surface area is 156 Å². The van der Waals surface area contributed by atoms with Crippen LogP contribution in [0.5, 0.6) is 0 Å². The normalized spacial score (nSPS) is 16.3. The third-order valence-corrected chi connectivity index (χ3v) is 4.49. The lowest BCUT2D eigenvalue weighted by Gasteiger charge is -2.27. The number of rotatable bonds is 3. The van der Waals surface area contributed by atoms with E-state index in [0.29, 0.717) is 5.69 Å². The highest BCUT2D eigenvalue weighted by molar-refractivity contribution is 5.85. The largest absolute Gasteiger partial charge is 0.416 e. The maximum absolute atomic E-state index is 13.0. The van der Waals surface area contributed by atoms with Crippen molar-refractivity contribution in [1.29, 1.82) is 0 Å². The number of benzene rings is 2. The average Bonchev–Trinajstić information content (AvgIpc) is 2.54. The van der Waals surface area contributed by atoms with E-state index in [9.17, 15) is 18.0 Å². The van der Waals surface area contributed by atoms with Crippen molar-refractivity contribution in [1.82, 2.24) is 5.32 Å². The van der Waals surface area contributed by atoms with E-state index in [2.05, 4.69) is 5.32 Å². The summed E-state index contributed by atoms with van der Waals surface area (Å²) in [5.74, 6) is -0.411. The Balaban J connectivity index is 0.00000243. The molecule has 1 aliphatic rings. The first-order valence-corrected chi connectivity index (χ1v) is 8.17. The Morgan fingerprint density at radius 1 is 1.19 bits per heavy atom. The highest BCUT2D eigenvalue weighted by Crippen LogP contribution is 2.33. The molecule has 3 N–H and O–H groups in total. The molecule has 0 heterocycles. The molecule has 0 bridgehead atoms. The molecule has 26 heavy (non-hydrogen) atoms.